The highest BCUT2D eigenvalue weighted by molar-refractivity contribution is 7.18. The van der Waals surface area contributed by atoms with E-state index >= 15 is 0 Å². The number of halogens is 1. The summed E-state index contributed by atoms with van der Waals surface area (Å²) in [4.78, 5) is 43.2. The van der Waals surface area contributed by atoms with E-state index in [1.165, 1.54) is 45.7 Å². The van der Waals surface area contributed by atoms with Crippen LogP contribution in [-0.2, 0) is 22.6 Å². The minimum Gasteiger partial charge on any atom is -0.369 e. The molecule has 0 saturated heterocycles. The summed E-state index contributed by atoms with van der Waals surface area (Å²) in [7, 11) is 0. The quantitative estimate of drug-likeness (QED) is 0.413. The van der Waals surface area contributed by atoms with Crippen molar-refractivity contribution in [2.75, 3.05) is 6.54 Å². The van der Waals surface area contributed by atoms with Crippen LogP contribution >= 0.6 is 22.7 Å². The van der Waals surface area contributed by atoms with Crippen molar-refractivity contribution in [3.63, 3.8) is 0 Å². The Bertz CT molecular complexity index is 1310. The number of aromatic nitrogens is 2. The Morgan fingerprint density at radius 1 is 1.19 bits per heavy atom. The minimum absolute atomic E-state index is 0.00879. The largest absolute Gasteiger partial charge is 0.369 e. The molecule has 0 aliphatic carbocycles. The number of carbonyl (C=O) groups is 2. The van der Waals surface area contributed by atoms with Gasteiger partial charge in [-0.3, -0.25) is 19.0 Å². The molecule has 0 aliphatic heterocycles. The van der Waals surface area contributed by atoms with Crippen molar-refractivity contribution in [1.29, 1.82) is 0 Å². The van der Waals surface area contributed by atoms with Gasteiger partial charge in [0.05, 0.1) is 17.6 Å². The summed E-state index contributed by atoms with van der Waals surface area (Å²) >= 11 is 2.91. The molecule has 3 heterocycles. The average molecular weight is 471 g/mol. The summed E-state index contributed by atoms with van der Waals surface area (Å²) in [6.07, 6.45) is 1.62. The first-order valence-electron chi connectivity index (χ1n) is 9.73. The van der Waals surface area contributed by atoms with E-state index in [1.54, 1.807) is 12.1 Å². The highest BCUT2D eigenvalue weighted by atomic mass is 32.1. The molecule has 0 aliphatic rings. The fraction of sp³-hybridized carbons (Fsp3) is 0.182. The first-order valence-corrected chi connectivity index (χ1v) is 11.5. The number of fused-ring (bicyclic) bond motifs is 1. The first kappa shape index (κ1) is 21.8. The third-order valence-electron chi connectivity index (χ3n) is 5.00. The predicted octanol–water partition coefficient (Wildman–Crippen LogP) is 2.79. The monoisotopic (exact) mass is 470 g/mol. The van der Waals surface area contributed by atoms with E-state index in [0.717, 1.165) is 16.0 Å². The first-order chi connectivity index (χ1) is 15.4. The lowest BCUT2D eigenvalue weighted by Gasteiger charge is -2.15. The molecule has 4 aromatic rings. The molecule has 2 amide bonds. The topological polar surface area (TPSA) is 107 Å². The number of thiophene rings is 2. The van der Waals surface area contributed by atoms with Gasteiger partial charge < -0.3 is 11.1 Å². The van der Waals surface area contributed by atoms with Gasteiger partial charge in [-0.15, -0.1) is 22.7 Å². The summed E-state index contributed by atoms with van der Waals surface area (Å²) in [6, 6.07) is 9.58. The Labute approximate surface area is 190 Å². The van der Waals surface area contributed by atoms with Gasteiger partial charge >= 0.3 is 0 Å². The highest BCUT2D eigenvalue weighted by Crippen LogP contribution is 2.33. The molecule has 164 valence electrons. The van der Waals surface area contributed by atoms with Gasteiger partial charge in [0.25, 0.3) is 5.56 Å². The zero-order valence-electron chi connectivity index (χ0n) is 16.8. The van der Waals surface area contributed by atoms with E-state index in [-0.39, 0.29) is 30.9 Å². The lowest BCUT2D eigenvalue weighted by atomic mass is 9.98. The molecular weight excluding hydrogens is 451 g/mol. The summed E-state index contributed by atoms with van der Waals surface area (Å²) in [5, 5.41) is 6.97. The second kappa shape index (κ2) is 9.41. The number of rotatable bonds is 8. The summed E-state index contributed by atoms with van der Waals surface area (Å²) in [5.41, 5.74) is 6.70. The van der Waals surface area contributed by atoms with E-state index in [4.69, 9.17) is 5.73 Å². The van der Waals surface area contributed by atoms with E-state index in [1.807, 2.05) is 22.9 Å². The molecule has 1 atom stereocenters. The molecule has 3 aromatic heterocycles. The predicted molar refractivity (Wildman–Crippen MR) is 123 cm³/mol. The molecule has 3 N–H and O–H groups in total. The maximum atomic E-state index is 13.1. The fourth-order valence-electron chi connectivity index (χ4n) is 3.32. The van der Waals surface area contributed by atoms with Gasteiger partial charge in [0.2, 0.25) is 11.8 Å². The lowest BCUT2D eigenvalue weighted by molar-refractivity contribution is -0.123. The van der Waals surface area contributed by atoms with Gasteiger partial charge in [0, 0.05) is 22.4 Å². The second-order valence-electron chi connectivity index (χ2n) is 7.22. The van der Waals surface area contributed by atoms with Crippen LogP contribution in [0.15, 0.2) is 58.3 Å². The third kappa shape index (κ3) is 4.76. The van der Waals surface area contributed by atoms with Crippen molar-refractivity contribution in [2.24, 2.45) is 11.7 Å². The Morgan fingerprint density at radius 2 is 1.97 bits per heavy atom. The van der Waals surface area contributed by atoms with E-state index in [0.29, 0.717) is 10.2 Å². The van der Waals surface area contributed by atoms with Crippen molar-refractivity contribution in [3.8, 4) is 10.4 Å². The minimum atomic E-state index is -0.663. The van der Waals surface area contributed by atoms with Crippen molar-refractivity contribution >= 4 is 44.7 Å². The zero-order valence-corrected chi connectivity index (χ0v) is 18.4. The van der Waals surface area contributed by atoms with Crippen molar-refractivity contribution in [1.82, 2.24) is 14.9 Å². The second-order valence-corrected chi connectivity index (χ2v) is 9.02. The van der Waals surface area contributed by atoms with Gasteiger partial charge in [-0.2, -0.15) is 0 Å². The molecule has 1 unspecified atom stereocenters. The molecule has 7 nitrogen and oxygen atoms in total. The number of benzene rings is 1. The van der Waals surface area contributed by atoms with Crippen LogP contribution in [0.5, 0.6) is 0 Å². The van der Waals surface area contributed by atoms with Gasteiger partial charge in [-0.1, -0.05) is 18.2 Å². The molecule has 0 bridgehead atoms. The smallest absolute Gasteiger partial charge is 0.263 e. The molecular formula is C22H19FN4O3S2. The van der Waals surface area contributed by atoms with E-state index in [9.17, 15) is 18.8 Å². The molecule has 0 saturated carbocycles. The Balaban J connectivity index is 1.46. The van der Waals surface area contributed by atoms with Crippen LogP contribution in [-0.4, -0.2) is 27.9 Å². The zero-order chi connectivity index (χ0) is 22.7. The lowest BCUT2D eigenvalue weighted by Crippen LogP contribution is -2.39. The highest BCUT2D eigenvalue weighted by Gasteiger charge is 2.19. The molecule has 0 radical (unpaired) electrons. The summed E-state index contributed by atoms with van der Waals surface area (Å²) in [5.74, 6) is -2.05. The number of nitrogens with two attached hydrogens (primary N) is 1. The average Bonchev–Trinajstić information content (AvgIpc) is 3.44. The van der Waals surface area contributed by atoms with Crippen LogP contribution in [0, 0.1) is 11.7 Å². The van der Waals surface area contributed by atoms with Crippen molar-refractivity contribution < 1.29 is 14.0 Å². The Hall–Kier alpha value is -3.37. The van der Waals surface area contributed by atoms with Crippen molar-refractivity contribution in [3.05, 3.63) is 75.2 Å². The fourth-order valence-corrected chi connectivity index (χ4v) is 5.04. The van der Waals surface area contributed by atoms with Crippen LogP contribution in [0.1, 0.15) is 5.56 Å². The van der Waals surface area contributed by atoms with Gasteiger partial charge in [0.15, 0.2) is 0 Å². The maximum absolute atomic E-state index is 13.1. The standard InChI is InChI=1S/C22H19FN4O3S2/c23-15-5-3-13(4-6-15)8-14(20(24)29)9-25-18(28)10-27-12-26-21-19(22(27)30)16(11-32-21)17-2-1-7-31-17/h1-7,11-12,14H,8-10H2,(H2,24,29)(H,25,28). The van der Waals surface area contributed by atoms with E-state index in [2.05, 4.69) is 10.3 Å². The molecule has 0 spiro atoms. The number of hydrogen-bond donors (Lipinski definition) is 2. The molecule has 0 fully saturated rings. The summed E-state index contributed by atoms with van der Waals surface area (Å²) < 4.78 is 14.3. The SMILES string of the molecule is NC(=O)C(CNC(=O)Cn1cnc2scc(-c3cccs3)c2c1=O)Cc1ccc(F)cc1. The number of carbonyl (C=O) groups excluding carboxylic acids is 2. The number of primary amides is 1. The van der Waals surface area contributed by atoms with Gasteiger partial charge in [-0.05, 0) is 35.6 Å². The Kier molecular flexibility index (Phi) is 6.42. The number of hydrogen-bond acceptors (Lipinski definition) is 6. The Morgan fingerprint density at radius 3 is 2.66 bits per heavy atom. The van der Waals surface area contributed by atoms with Crippen LogP contribution in [0.2, 0.25) is 0 Å². The number of nitrogens with one attached hydrogen (secondary N) is 1. The van der Waals surface area contributed by atoms with Crippen LogP contribution in [0.25, 0.3) is 20.7 Å². The third-order valence-corrected chi connectivity index (χ3v) is 6.79. The molecule has 4 rings (SSSR count). The van der Waals surface area contributed by atoms with Crippen LogP contribution in [0.4, 0.5) is 4.39 Å². The maximum Gasteiger partial charge on any atom is 0.263 e. The summed E-state index contributed by atoms with van der Waals surface area (Å²) in [6.45, 7) is -0.224. The molecule has 10 heteroatoms. The van der Waals surface area contributed by atoms with Crippen LogP contribution in [0.3, 0.4) is 0 Å². The normalized spacial score (nSPS) is 12.0. The number of nitrogens with zero attached hydrogens (tertiary/aromatic N) is 2. The van der Waals surface area contributed by atoms with Crippen LogP contribution < -0.4 is 16.6 Å². The van der Waals surface area contributed by atoms with E-state index < -0.39 is 17.7 Å². The molecule has 1 aromatic carbocycles. The van der Waals surface area contributed by atoms with Gasteiger partial charge in [-0.25, -0.2) is 9.37 Å². The van der Waals surface area contributed by atoms with Crippen molar-refractivity contribution in [2.45, 2.75) is 13.0 Å². The molecule has 32 heavy (non-hydrogen) atoms. The van der Waals surface area contributed by atoms with Gasteiger partial charge in [0.1, 0.15) is 17.2 Å². The number of amides is 2.